The molecule has 1 N–H and O–H groups in total. The van der Waals surface area contributed by atoms with Crippen LogP contribution < -0.4 is 10.9 Å². The lowest BCUT2D eigenvalue weighted by atomic mass is 10.2. The number of pyridine rings is 1. The number of aromatic nitrogens is 1. The summed E-state index contributed by atoms with van der Waals surface area (Å²) in [6, 6.07) is 5.53. The fourth-order valence-electron chi connectivity index (χ4n) is 2.54. The summed E-state index contributed by atoms with van der Waals surface area (Å²) < 4.78 is 7.20. The largest absolute Gasteiger partial charge is 0.369 e. The SMILES string of the molecule is Cc1ccn(C)c(=O)c1NC(=O)N1CCO[C@@H](c2cccs2)C1. The van der Waals surface area contributed by atoms with E-state index in [1.165, 1.54) is 4.57 Å². The van der Waals surface area contributed by atoms with E-state index >= 15 is 0 Å². The van der Waals surface area contributed by atoms with Crippen LogP contribution in [0.25, 0.3) is 0 Å². The molecule has 0 aliphatic carbocycles. The molecule has 7 heteroatoms. The highest BCUT2D eigenvalue weighted by molar-refractivity contribution is 7.10. The van der Waals surface area contributed by atoms with Crippen LogP contribution in [0.2, 0.25) is 0 Å². The molecule has 1 aliphatic heterocycles. The van der Waals surface area contributed by atoms with Crippen molar-refractivity contribution in [2.45, 2.75) is 13.0 Å². The lowest BCUT2D eigenvalue weighted by molar-refractivity contribution is -0.0116. The molecule has 1 fully saturated rings. The Hall–Kier alpha value is -2.12. The van der Waals surface area contributed by atoms with E-state index in [0.29, 0.717) is 25.4 Å². The zero-order chi connectivity index (χ0) is 16.4. The number of anilines is 1. The fourth-order valence-corrected chi connectivity index (χ4v) is 3.30. The number of thiophene rings is 1. The van der Waals surface area contributed by atoms with Gasteiger partial charge in [-0.3, -0.25) is 4.79 Å². The predicted molar refractivity (Wildman–Crippen MR) is 90.0 cm³/mol. The summed E-state index contributed by atoms with van der Waals surface area (Å²) in [6.07, 6.45) is 1.59. The number of urea groups is 1. The number of carbonyl (C=O) groups excluding carboxylic acids is 1. The van der Waals surface area contributed by atoms with E-state index in [1.54, 1.807) is 29.5 Å². The summed E-state index contributed by atoms with van der Waals surface area (Å²) in [5.74, 6) is 0. The summed E-state index contributed by atoms with van der Waals surface area (Å²) in [5, 5.41) is 4.75. The first-order chi connectivity index (χ1) is 11.1. The zero-order valence-electron chi connectivity index (χ0n) is 13.1. The first-order valence-electron chi connectivity index (χ1n) is 7.43. The van der Waals surface area contributed by atoms with Gasteiger partial charge in [0, 0.05) is 24.7 Å². The van der Waals surface area contributed by atoms with Crippen LogP contribution in [-0.2, 0) is 11.8 Å². The molecule has 23 heavy (non-hydrogen) atoms. The second kappa shape index (κ2) is 6.55. The topological polar surface area (TPSA) is 63.6 Å². The molecule has 3 heterocycles. The lowest BCUT2D eigenvalue weighted by Gasteiger charge is -2.32. The number of nitrogens with zero attached hydrogens (tertiary/aromatic N) is 2. The Kier molecular flexibility index (Phi) is 4.49. The summed E-state index contributed by atoms with van der Waals surface area (Å²) in [7, 11) is 1.67. The first-order valence-corrected chi connectivity index (χ1v) is 8.31. The summed E-state index contributed by atoms with van der Waals surface area (Å²) in [6.45, 7) is 3.30. The molecule has 0 unspecified atom stereocenters. The molecule has 6 nitrogen and oxygen atoms in total. The van der Waals surface area contributed by atoms with Crippen LogP contribution in [0.15, 0.2) is 34.6 Å². The predicted octanol–water partition coefficient (Wildman–Crippen LogP) is 2.36. The van der Waals surface area contributed by atoms with Crippen LogP contribution in [-0.4, -0.2) is 35.2 Å². The van der Waals surface area contributed by atoms with Crippen molar-refractivity contribution in [2.24, 2.45) is 7.05 Å². The normalized spacial score (nSPS) is 18.0. The lowest BCUT2D eigenvalue weighted by Crippen LogP contribution is -2.45. The van der Waals surface area contributed by atoms with Gasteiger partial charge >= 0.3 is 6.03 Å². The average molecular weight is 333 g/mol. The number of amides is 2. The minimum atomic E-state index is -0.263. The quantitative estimate of drug-likeness (QED) is 0.918. The highest BCUT2D eigenvalue weighted by Gasteiger charge is 2.26. The Morgan fingerprint density at radius 2 is 2.26 bits per heavy atom. The smallest absolute Gasteiger partial charge is 0.322 e. The minimum absolute atomic E-state index is 0.103. The number of aryl methyl sites for hydroxylation is 2. The molecule has 0 saturated carbocycles. The monoisotopic (exact) mass is 333 g/mol. The molecule has 2 aromatic rings. The maximum absolute atomic E-state index is 12.5. The molecule has 1 aliphatic rings. The van der Waals surface area contributed by atoms with E-state index < -0.39 is 0 Å². The number of carbonyl (C=O) groups is 1. The summed E-state index contributed by atoms with van der Waals surface area (Å²) in [4.78, 5) is 27.5. The van der Waals surface area contributed by atoms with E-state index in [2.05, 4.69) is 5.32 Å². The average Bonchev–Trinajstić information content (AvgIpc) is 3.10. The molecule has 1 atom stereocenters. The number of rotatable bonds is 2. The van der Waals surface area contributed by atoms with Crippen molar-refractivity contribution < 1.29 is 9.53 Å². The molecule has 0 spiro atoms. The molecule has 3 rings (SSSR count). The summed E-state index contributed by atoms with van der Waals surface area (Å²) >= 11 is 1.62. The highest BCUT2D eigenvalue weighted by Crippen LogP contribution is 2.26. The van der Waals surface area contributed by atoms with E-state index in [0.717, 1.165) is 10.4 Å². The third kappa shape index (κ3) is 3.30. The van der Waals surface area contributed by atoms with Crippen molar-refractivity contribution in [1.82, 2.24) is 9.47 Å². The Morgan fingerprint density at radius 3 is 3.00 bits per heavy atom. The number of hydrogen-bond donors (Lipinski definition) is 1. The second-order valence-corrected chi connectivity index (χ2v) is 6.52. The van der Waals surface area contributed by atoms with Gasteiger partial charge in [0.05, 0.1) is 13.2 Å². The Balaban J connectivity index is 1.74. The maximum Gasteiger partial charge on any atom is 0.322 e. The van der Waals surface area contributed by atoms with Crippen LogP contribution in [0.3, 0.4) is 0 Å². The molecule has 0 aromatic carbocycles. The van der Waals surface area contributed by atoms with Crippen molar-refractivity contribution in [2.75, 3.05) is 25.0 Å². The van der Waals surface area contributed by atoms with Gasteiger partial charge in [0.2, 0.25) is 0 Å². The maximum atomic E-state index is 12.5. The van der Waals surface area contributed by atoms with Crippen LogP contribution in [0.5, 0.6) is 0 Å². The van der Waals surface area contributed by atoms with Crippen molar-refractivity contribution in [3.8, 4) is 0 Å². The third-order valence-electron chi connectivity index (χ3n) is 3.92. The number of hydrogen-bond acceptors (Lipinski definition) is 4. The number of nitrogens with one attached hydrogen (secondary N) is 1. The molecular formula is C16H19N3O3S. The number of morpholine rings is 1. The van der Waals surface area contributed by atoms with Crippen LogP contribution >= 0.6 is 11.3 Å². The van der Waals surface area contributed by atoms with Crippen molar-refractivity contribution in [1.29, 1.82) is 0 Å². The zero-order valence-corrected chi connectivity index (χ0v) is 13.9. The van der Waals surface area contributed by atoms with Gasteiger partial charge in [0.25, 0.3) is 5.56 Å². The Bertz CT molecular complexity index is 754. The Labute approximate surface area is 138 Å². The van der Waals surface area contributed by atoms with Crippen molar-refractivity contribution in [3.05, 3.63) is 50.6 Å². The highest BCUT2D eigenvalue weighted by atomic mass is 32.1. The van der Waals surface area contributed by atoms with Gasteiger partial charge in [-0.1, -0.05) is 6.07 Å². The third-order valence-corrected chi connectivity index (χ3v) is 4.89. The van der Waals surface area contributed by atoms with Gasteiger partial charge < -0.3 is 19.5 Å². The van der Waals surface area contributed by atoms with Crippen LogP contribution in [0, 0.1) is 6.92 Å². The van der Waals surface area contributed by atoms with Gasteiger partial charge in [-0.25, -0.2) is 4.79 Å². The van der Waals surface area contributed by atoms with E-state index in [9.17, 15) is 9.59 Å². The van der Waals surface area contributed by atoms with E-state index in [-0.39, 0.29) is 17.7 Å². The Morgan fingerprint density at radius 1 is 1.43 bits per heavy atom. The van der Waals surface area contributed by atoms with Gasteiger partial charge in [-0.2, -0.15) is 0 Å². The molecule has 1 saturated heterocycles. The minimum Gasteiger partial charge on any atom is -0.369 e. The standard InChI is InChI=1S/C16H19N3O3S/c1-11-5-6-18(2)15(20)14(11)17-16(21)19-7-8-22-12(10-19)13-4-3-9-23-13/h3-6,9,12H,7-8,10H2,1-2H3,(H,17,21)/t12-/m1/s1. The van der Waals surface area contributed by atoms with Gasteiger partial charge in [0.1, 0.15) is 11.8 Å². The molecule has 0 bridgehead atoms. The van der Waals surface area contributed by atoms with Gasteiger partial charge in [-0.15, -0.1) is 11.3 Å². The molecule has 122 valence electrons. The number of ether oxygens (including phenoxy) is 1. The van der Waals surface area contributed by atoms with Crippen molar-refractivity contribution in [3.63, 3.8) is 0 Å². The summed E-state index contributed by atoms with van der Waals surface area (Å²) in [5.41, 5.74) is 0.880. The molecule has 2 amide bonds. The van der Waals surface area contributed by atoms with Crippen LogP contribution in [0.1, 0.15) is 16.5 Å². The molecule has 2 aromatic heterocycles. The molecular weight excluding hydrogens is 314 g/mol. The van der Waals surface area contributed by atoms with Crippen LogP contribution in [0.4, 0.5) is 10.5 Å². The fraction of sp³-hybridized carbons (Fsp3) is 0.375. The van der Waals surface area contributed by atoms with E-state index in [1.807, 2.05) is 30.5 Å². The second-order valence-electron chi connectivity index (χ2n) is 5.54. The van der Waals surface area contributed by atoms with Gasteiger partial charge in [0.15, 0.2) is 0 Å². The van der Waals surface area contributed by atoms with Gasteiger partial charge in [-0.05, 0) is 30.0 Å². The first kappa shape index (κ1) is 15.8. The molecule has 0 radical (unpaired) electrons. The van der Waals surface area contributed by atoms with E-state index in [4.69, 9.17) is 4.74 Å². The van der Waals surface area contributed by atoms with Crippen molar-refractivity contribution >= 4 is 23.1 Å².